The van der Waals surface area contributed by atoms with E-state index in [9.17, 15) is 9.59 Å². The van der Waals surface area contributed by atoms with Crippen LogP contribution in [0.1, 0.15) is 140 Å². The number of unbranched alkanes of at least 4 members (excludes halogenated alkanes) is 3. The van der Waals surface area contributed by atoms with Gasteiger partial charge in [-0.15, -0.1) is 0 Å². The highest BCUT2D eigenvalue weighted by Gasteiger charge is 2.28. The third-order valence-corrected chi connectivity index (χ3v) is 7.48. The second-order valence-corrected chi connectivity index (χ2v) is 15.3. The molecule has 0 saturated carbocycles. The van der Waals surface area contributed by atoms with Crippen LogP contribution in [0.4, 0.5) is 0 Å². The number of hydrogen-bond donors (Lipinski definition) is 2. The van der Waals surface area contributed by atoms with Crippen LogP contribution in [0.5, 0.6) is 0 Å². The van der Waals surface area contributed by atoms with Gasteiger partial charge >= 0.3 is 0 Å². The lowest BCUT2D eigenvalue weighted by Crippen LogP contribution is -2.26. The average molecular weight is 549 g/mol. The molecule has 2 aromatic carbocycles. The zero-order chi connectivity index (χ0) is 30.2. The fourth-order valence-corrected chi connectivity index (χ4v) is 6.21. The van der Waals surface area contributed by atoms with Gasteiger partial charge in [0.05, 0.1) is 0 Å². The van der Waals surface area contributed by atoms with E-state index in [0.29, 0.717) is 24.2 Å². The van der Waals surface area contributed by atoms with Crippen LogP contribution in [0.25, 0.3) is 0 Å². The van der Waals surface area contributed by atoms with Crippen molar-refractivity contribution >= 4 is 11.8 Å². The summed E-state index contributed by atoms with van der Waals surface area (Å²) in [6.07, 6.45) is 6.07. The molecule has 0 saturated heterocycles. The summed E-state index contributed by atoms with van der Waals surface area (Å²) in [5.74, 6) is -0.0273. The van der Waals surface area contributed by atoms with Crippen LogP contribution in [0.15, 0.2) is 48.5 Å². The van der Waals surface area contributed by atoms with E-state index in [0.717, 1.165) is 38.5 Å². The van der Waals surface area contributed by atoms with Gasteiger partial charge in [-0.3, -0.25) is 9.59 Å². The van der Waals surface area contributed by atoms with Gasteiger partial charge in [-0.2, -0.15) is 0 Å². The van der Waals surface area contributed by atoms with Crippen molar-refractivity contribution < 1.29 is 9.59 Å². The predicted octanol–water partition coefficient (Wildman–Crippen LogP) is 8.83. The monoisotopic (exact) mass is 548 g/mol. The van der Waals surface area contributed by atoms with Crippen molar-refractivity contribution in [3.05, 3.63) is 70.8 Å². The van der Waals surface area contributed by atoms with Crippen LogP contribution in [-0.4, -0.2) is 24.9 Å². The Morgan fingerprint density at radius 2 is 0.800 bits per heavy atom. The van der Waals surface area contributed by atoms with Crippen LogP contribution in [0, 0.1) is 10.8 Å². The number of rotatable bonds is 13. The topological polar surface area (TPSA) is 58.2 Å². The summed E-state index contributed by atoms with van der Waals surface area (Å²) in [4.78, 5) is 25.1. The molecule has 2 amide bonds. The predicted molar refractivity (Wildman–Crippen MR) is 170 cm³/mol. The Morgan fingerprint density at radius 3 is 1.07 bits per heavy atom. The van der Waals surface area contributed by atoms with Gasteiger partial charge in [-0.25, -0.2) is 0 Å². The highest BCUT2D eigenvalue weighted by Crippen LogP contribution is 2.37. The molecule has 2 N–H and O–H groups in total. The minimum absolute atomic E-state index is 0.0137. The Morgan fingerprint density at radius 1 is 0.500 bits per heavy atom. The van der Waals surface area contributed by atoms with Crippen molar-refractivity contribution in [2.24, 2.45) is 10.8 Å². The first kappa shape index (κ1) is 33.6. The molecule has 0 fully saturated rings. The number of carbonyl (C=O) groups excluding carboxylic acids is 2. The number of amides is 2. The van der Waals surface area contributed by atoms with Gasteiger partial charge in [-0.05, 0) is 82.7 Å². The lowest BCUT2D eigenvalue weighted by molar-refractivity contribution is 0.0943. The number of carbonyl (C=O) groups is 2. The SMILES string of the molecule is CC(C)(C)CC(C)(C)c1ccc(C(=O)NCCCCCCNC(=O)c2ccc(C(C)(C)CC(C)(C)C)cc2)cc1. The Labute approximate surface area is 245 Å². The fraction of sp³-hybridized carbons (Fsp3) is 0.611. The fourth-order valence-electron chi connectivity index (χ4n) is 6.21. The van der Waals surface area contributed by atoms with E-state index in [1.165, 1.54) is 11.1 Å². The first-order chi connectivity index (χ1) is 18.4. The van der Waals surface area contributed by atoms with Gasteiger partial charge < -0.3 is 10.6 Å². The maximum atomic E-state index is 12.6. The maximum Gasteiger partial charge on any atom is 0.251 e. The quantitative estimate of drug-likeness (QED) is 0.246. The van der Waals surface area contributed by atoms with Crippen LogP contribution in [0.3, 0.4) is 0 Å². The van der Waals surface area contributed by atoms with Crippen LogP contribution in [-0.2, 0) is 10.8 Å². The average Bonchev–Trinajstić information content (AvgIpc) is 2.82. The molecule has 0 aliphatic heterocycles. The van der Waals surface area contributed by atoms with E-state index < -0.39 is 0 Å². The Bertz CT molecular complexity index is 992. The van der Waals surface area contributed by atoms with Crippen molar-refractivity contribution in [1.82, 2.24) is 10.6 Å². The Balaban J connectivity index is 1.65. The van der Waals surface area contributed by atoms with Gasteiger partial charge in [0, 0.05) is 24.2 Å². The van der Waals surface area contributed by atoms with Gasteiger partial charge in [0.15, 0.2) is 0 Å². The zero-order valence-corrected chi connectivity index (χ0v) is 27.1. The summed E-state index contributed by atoms with van der Waals surface area (Å²) < 4.78 is 0. The molecule has 0 aliphatic carbocycles. The van der Waals surface area contributed by atoms with Crippen LogP contribution in [0.2, 0.25) is 0 Å². The van der Waals surface area contributed by atoms with Crippen molar-refractivity contribution in [1.29, 1.82) is 0 Å². The van der Waals surface area contributed by atoms with E-state index in [2.05, 4.69) is 104 Å². The molecule has 2 aromatic rings. The summed E-state index contributed by atoms with van der Waals surface area (Å²) in [5, 5.41) is 6.09. The Kier molecular flexibility index (Phi) is 11.6. The van der Waals surface area contributed by atoms with Crippen molar-refractivity contribution in [2.75, 3.05) is 13.1 Å². The molecule has 40 heavy (non-hydrogen) atoms. The molecular formula is C36H56N2O2. The van der Waals surface area contributed by atoms with Gasteiger partial charge in [0.2, 0.25) is 0 Å². The Hall–Kier alpha value is -2.62. The van der Waals surface area contributed by atoms with E-state index in [1.807, 2.05) is 24.3 Å². The molecule has 0 aromatic heterocycles. The molecule has 0 bridgehead atoms. The summed E-state index contributed by atoms with van der Waals surface area (Å²) in [7, 11) is 0. The third-order valence-electron chi connectivity index (χ3n) is 7.48. The van der Waals surface area contributed by atoms with Crippen molar-refractivity contribution in [2.45, 2.75) is 119 Å². The second kappa shape index (κ2) is 13.8. The standard InChI is InChI=1S/C36H56N2O2/c1-33(2,3)25-35(7,8)29-19-15-27(16-20-29)31(39)37-23-13-11-12-14-24-38-32(40)28-17-21-30(22-18-28)36(9,10)26-34(4,5)6/h15-22H,11-14,23-26H2,1-10H3,(H,37,39)(H,38,40). The first-order valence-corrected chi connectivity index (χ1v) is 15.2. The highest BCUT2D eigenvalue weighted by molar-refractivity contribution is 5.94. The highest BCUT2D eigenvalue weighted by atomic mass is 16.2. The zero-order valence-electron chi connectivity index (χ0n) is 27.1. The molecule has 0 spiro atoms. The minimum Gasteiger partial charge on any atom is -0.352 e. The lowest BCUT2D eigenvalue weighted by Gasteiger charge is -2.33. The normalized spacial score (nSPS) is 12.8. The van der Waals surface area contributed by atoms with Gasteiger partial charge in [0.25, 0.3) is 11.8 Å². The number of hydrogen-bond acceptors (Lipinski definition) is 2. The van der Waals surface area contributed by atoms with E-state index in [-0.39, 0.29) is 33.5 Å². The molecule has 222 valence electrons. The van der Waals surface area contributed by atoms with E-state index in [1.54, 1.807) is 0 Å². The largest absolute Gasteiger partial charge is 0.352 e. The van der Waals surface area contributed by atoms with Crippen molar-refractivity contribution in [3.8, 4) is 0 Å². The second-order valence-electron chi connectivity index (χ2n) is 15.3. The van der Waals surface area contributed by atoms with Crippen LogP contribution < -0.4 is 10.6 Å². The summed E-state index contributed by atoms with van der Waals surface area (Å²) >= 11 is 0. The molecule has 4 heteroatoms. The minimum atomic E-state index is -0.0137. The molecule has 0 unspecified atom stereocenters. The third kappa shape index (κ3) is 11.5. The van der Waals surface area contributed by atoms with E-state index >= 15 is 0 Å². The van der Waals surface area contributed by atoms with Crippen LogP contribution >= 0.6 is 0 Å². The summed E-state index contributed by atoms with van der Waals surface area (Å²) in [6, 6.07) is 16.1. The maximum absolute atomic E-state index is 12.6. The van der Waals surface area contributed by atoms with E-state index in [4.69, 9.17) is 0 Å². The lowest BCUT2D eigenvalue weighted by atomic mass is 9.72. The molecule has 0 aliphatic rings. The summed E-state index contributed by atoms with van der Waals surface area (Å²) in [5.41, 5.74) is 4.60. The molecule has 2 rings (SSSR count). The van der Waals surface area contributed by atoms with Gasteiger partial charge in [0.1, 0.15) is 0 Å². The van der Waals surface area contributed by atoms with Gasteiger partial charge in [-0.1, -0.05) is 106 Å². The first-order valence-electron chi connectivity index (χ1n) is 15.2. The molecule has 0 radical (unpaired) electrons. The number of nitrogens with one attached hydrogen (secondary N) is 2. The molecule has 0 heterocycles. The molecule has 4 nitrogen and oxygen atoms in total. The number of benzene rings is 2. The molecular weight excluding hydrogens is 492 g/mol. The molecule has 0 atom stereocenters. The van der Waals surface area contributed by atoms with Crippen molar-refractivity contribution in [3.63, 3.8) is 0 Å². The smallest absolute Gasteiger partial charge is 0.251 e. The summed E-state index contributed by atoms with van der Waals surface area (Å²) in [6.45, 7) is 24.0.